The summed E-state index contributed by atoms with van der Waals surface area (Å²) < 4.78 is 0. The van der Waals surface area contributed by atoms with Crippen LogP contribution in [0.2, 0.25) is 0 Å². The molecule has 1 heterocycles. The van der Waals surface area contributed by atoms with Crippen LogP contribution in [0, 0.1) is 17.3 Å². The van der Waals surface area contributed by atoms with Crippen LogP contribution < -0.4 is 5.32 Å². The van der Waals surface area contributed by atoms with Crippen molar-refractivity contribution in [2.75, 3.05) is 11.9 Å². The smallest absolute Gasteiger partial charge is 0.226 e. The molecule has 4 nitrogen and oxygen atoms in total. The second kappa shape index (κ2) is 6.91. The number of carbonyl (C=O) groups excluding carboxylic acids is 1. The highest BCUT2D eigenvalue weighted by molar-refractivity contribution is 5.90. The van der Waals surface area contributed by atoms with Gasteiger partial charge in [0.05, 0.1) is 6.61 Å². The Kier molecular flexibility index (Phi) is 5.53. The first-order valence-electron chi connectivity index (χ1n) is 6.27. The molecule has 4 heteroatoms. The minimum absolute atomic E-state index is 0.0367. The van der Waals surface area contributed by atoms with Gasteiger partial charge in [0.1, 0.15) is 11.5 Å². The fraction of sp³-hybridized carbons (Fsp3) is 0.467. The molecule has 1 amide bonds. The highest BCUT2D eigenvalue weighted by atomic mass is 16.2. The molecule has 0 aliphatic rings. The SMILES string of the molecule is CC(C)(C)CC(=O)Nc1cccc(C#CCCO)n1. The van der Waals surface area contributed by atoms with E-state index >= 15 is 0 Å². The summed E-state index contributed by atoms with van der Waals surface area (Å²) in [7, 11) is 0. The summed E-state index contributed by atoms with van der Waals surface area (Å²) >= 11 is 0. The molecule has 0 saturated carbocycles. The maximum atomic E-state index is 11.8. The number of pyridine rings is 1. The molecule has 0 bridgehead atoms. The van der Waals surface area contributed by atoms with Crippen molar-refractivity contribution in [3.63, 3.8) is 0 Å². The normalized spacial score (nSPS) is 10.5. The van der Waals surface area contributed by atoms with Crippen LogP contribution in [0.15, 0.2) is 18.2 Å². The Labute approximate surface area is 114 Å². The summed E-state index contributed by atoms with van der Waals surface area (Å²) in [5, 5.41) is 11.4. The van der Waals surface area contributed by atoms with Crippen molar-refractivity contribution in [3.05, 3.63) is 23.9 Å². The van der Waals surface area contributed by atoms with E-state index in [0.717, 1.165) is 0 Å². The molecule has 1 rings (SSSR count). The number of nitrogens with zero attached hydrogens (tertiary/aromatic N) is 1. The van der Waals surface area contributed by atoms with Gasteiger partial charge in [0.2, 0.25) is 5.91 Å². The van der Waals surface area contributed by atoms with Crippen LogP contribution in [0.4, 0.5) is 5.82 Å². The van der Waals surface area contributed by atoms with Gasteiger partial charge >= 0.3 is 0 Å². The van der Waals surface area contributed by atoms with Crippen LogP contribution in [0.3, 0.4) is 0 Å². The number of rotatable bonds is 3. The van der Waals surface area contributed by atoms with Gasteiger partial charge in [-0.15, -0.1) is 0 Å². The number of carbonyl (C=O) groups is 1. The van der Waals surface area contributed by atoms with Crippen molar-refractivity contribution in [1.82, 2.24) is 4.98 Å². The zero-order chi connectivity index (χ0) is 14.3. The van der Waals surface area contributed by atoms with E-state index in [-0.39, 0.29) is 17.9 Å². The van der Waals surface area contributed by atoms with Gasteiger partial charge in [-0.05, 0) is 23.5 Å². The molecule has 0 saturated heterocycles. The molecule has 0 unspecified atom stereocenters. The van der Waals surface area contributed by atoms with E-state index in [0.29, 0.717) is 24.4 Å². The zero-order valence-corrected chi connectivity index (χ0v) is 11.7. The third-order valence-corrected chi connectivity index (χ3v) is 2.16. The molecule has 1 aromatic heterocycles. The van der Waals surface area contributed by atoms with Crippen molar-refractivity contribution in [2.24, 2.45) is 5.41 Å². The third kappa shape index (κ3) is 6.58. The van der Waals surface area contributed by atoms with E-state index in [2.05, 4.69) is 22.1 Å². The summed E-state index contributed by atoms with van der Waals surface area (Å²) in [6.45, 7) is 6.07. The van der Waals surface area contributed by atoms with Gasteiger partial charge in [-0.3, -0.25) is 4.79 Å². The maximum Gasteiger partial charge on any atom is 0.226 e. The predicted molar refractivity (Wildman–Crippen MR) is 75.5 cm³/mol. The highest BCUT2D eigenvalue weighted by Crippen LogP contribution is 2.19. The lowest BCUT2D eigenvalue weighted by Gasteiger charge is -2.16. The Bertz CT molecular complexity index is 493. The molecule has 0 radical (unpaired) electrons. The van der Waals surface area contributed by atoms with E-state index in [1.165, 1.54) is 0 Å². The Hall–Kier alpha value is -1.86. The molecule has 19 heavy (non-hydrogen) atoms. The van der Waals surface area contributed by atoms with Crippen molar-refractivity contribution in [1.29, 1.82) is 0 Å². The summed E-state index contributed by atoms with van der Waals surface area (Å²) in [5.41, 5.74) is 0.532. The average Bonchev–Trinajstić information content (AvgIpc) is 2.27. The van der Waals surface area contributed by atoms with E-state index in [4.69, 9.17) is 5.11 Å². The maximum absolute atomic E-state index is 11.8. The lowest BCUT2D eigenvalue weighted by atomic mass is 9.92. The fourth-order valence-corrected chi connectivity index (χ4v) is 1.45. The highest BCUT2D eigenvalue weighted by Gasteiger charge is 2.16. The molecule has 0 aliphatic carbocycles. The molecule has 0 spiro atoms. The largest absolute Gasteiger partial charge is 0.395 e. The van der Waals surface area contributed by atoms with Crippen LogP contribution in [-0.4, -0.2) is 22.6 Å². The average molecular weight is 260 g/mol. The molecular weight excluding hydrogens is 240 g/mol. The Balaban J connectivity index is 2.68. The number of amides is 1. The standard InChI is InChI=1S/C15H20N2O2/c1-15(2,3)11-14(19)17-13-9-6-8-12(16-13)7-4-5-10-18/h6,8-9,18H,5,10-11H2,1-3H3,(H,16,17,19). The van der Waals surface area contributed by atoms with Gasteiger partial charge in [0.15, 0.2) is 0 Å². The number of nitrogens with one attached hydrogen (secondary N) is 1. The molecule has 0 aromatic carbocycles. The number of hydrogen-bond acceptors (Lipinski definition) is 3. The van der Waals surface area contributed by atoms with Crippen LogP contribution in [0.25, 0.3) is 0 Å². The van der Waals surface area contributed by atoms with E-state index in [9.17, 15) is 4.79 Å². The second-order valence-corrected chi connectivity index (χ2v) is 5.47. The molecule has 2 N–H and O–H groups in total. The second-order valence-electron chi connectivity index (χ2n) is 5.47. The van der Waals surface area contributed by atoms with Crippen LogP contribution in [0.1, 0.15) is 39.3 Å². The quantitative estimate of drug-likeness (QED) is 0.819. The first-order valence-corrected chi connectivity index (χ1v) is 6.27. The van der Waals surface area contributed by atoms with E-state index in [1.54, 1.807) is 18.2 Å². The van der Waals surface area contributed by atoms with Crippen LogP contribution in [0.5, 0.6) is 0 Å². The summed E-state index contributed by atoms with van der Waals surface area (Å²) in [4.78, 5) is 16.0. The van der Waals surface area contributed by atoms with Crippen molar-refractivity contribution in [2.45, 2.75) is 33.6 Å². The molecule has 0 fully saturated rings. The number of anilines is 1. The number of aliphatic hydroxyl groups is 1. The topological polar surface area (TPSA) is 62.2 Å². The van der Waals surface area contributed by atoms with E-state index in [1.807, 2.05) is 20.8 Å². The van der Waals surface area contributed by atoms with Gasteiger partial charge in [0.25, 0.3) is 0 Å². The Morgan fingerprint density at radius 3 is 2.79 bits per heavy atom. The number of aliphatic hydroxyl groups excluding tert-OH is 1. The molecule has 1 aromatic rings. The fourth-order valence-electron chi connectivity index (χ4n) is 1.45. The first-order chi connectivity index (χ1) is 8.90. The number of aromatic nitrogens is 1. The van der Waals surface area contributed by atoms with Crippen molar-refractivity contribution < 1.29 is 9.90 Å². The third-order valence-electron chi connectivity index (χ3n) is 2.16. The molecule has 0 atom stereocenters. The van der Waals surface area contributed by atoms with Gasteiger partial charge in [-0.1, -0.05) is 32.8 Å². The molecule has 102 valence electrons. The van der Waals surface area contributed by atoms with Crippen molar-refractivity contribution in [3.8, 4) is 11.8 Å². The summed E-state index contributed by atoms with van der Waals surface area (Å²) in [6, 6.07) is 5.30. The first kappa shape index (κ1) is 15.2. The van der Waals surface area contributed by atoms with Crippen molar-refractivity contribution >= 4 is 11.7 Å². The Morgan fingerprint density at radius 2 is 2.16 bits per heavy atom. The monoisotopic (exact) mass is 260 g/mol. The molecular formula is C15H20N2O2. The van der Waals surface area contributed by atoms with Gasteiger partial charge in [-0.2, -0.15) is 0 Å². The lowest BCUT2D eigenvalue weighted by Crippen LogP contribution is -2.20. The van der Waals surface area contributed by atoms with Gasteiger partial charge in [-0.25, -0.2) is 4.98 Å². The zero-order valence-electron chi connectivity index (χ0n) is 11.7. The van der Waals surface area contributed by atoms with Gasteiger partial charge in [0, 0.05) is 12.8 Å². The van der Waals surface area contributed by atoms with Crippen LogP contribution in [-0.2, 0) is 4.79 Å². The van der Waals surface area contributed by atoms with E-state index < -0.39 is 0 Å². The minimum Gasteiger partial charge on any atom is -0.395 e. The van der Waals surface area contributed by atoms with Crippen LogP contribution >= 0.6 is 0 Å². The summed E-state index contributed by atoms with van der Waals surface area (Å²) in [5.74, 6) is 6.08. The lowest BCUT2D eigenvalue weighted by molar-refractivity contribution is -0.117. The molecule has 0 aliphatic heterocycles. The predicted octanol–water partition coefficient (Wildman–Crippen LogP) is 2.19. The van der Waals surface area contributed by atoms with Gasteiger partial charge < -0.3 is 10.4 Å². The Morgan fingerprint density at radius 1 is 1.42 bits per heavy atom. The minimum atomic E-state index is -0.0551. The number of hydrogen-bond donors (Lipinski definition) is 2. The summed E-state index contributed by atoms with van der Waals surface area (Å²) in [6.07, 6.45) is 0.859.